The van der Waals surface area contributed by atoms with Crippen molar-refractivity contribution < 1.29 is 23.1 Å². The number of fused-ring (bicyclic) bond motifs is 2. The van der Waals surface area contributed by atoms with Crippen LogP contribution in [0.3, 0.4) is 0 Å². The van der Waals surface area contributed by atoms with Crippen molar-refractivity contribution in [1.29, 1.82) is 0 Å². The summed E-state index contributed by atoms with van der Waals surface area (Å²) < 4.78 is 31.8. The second-order valence-electron chi connectivity index (χ2n) is 9.40. The summed E-state index contributed by atoms with van der Waals surface area (Å²) >= 11 is 0. The van der Waals surface area contributed by atoms with Crippen LogP contribution in [0.15, 0.2) is 75.9 Å². The van der Waals surface area contributed by atoms with Crippen molar-refractivity contribution in [2.24, 2.45) is 5.92 Å². The molecule has 0 saturated carbocycles. The minimum Gasteiger partial charge on any atom is -0.490 e. The second kappa shape index (κ2) is 10.1. The average Bonchev–Trinajstić information content (AvgIpc) is 3.18. The molecule has 3 aromatic carbocycles. The van der Waals surface area contributed by atoms with Crippen LogP contribution in [0.1, 0.15) is 54.9 Å². The molecule has 0 N–H and O–H groups in total. The number of halogens is 1. The molecule has 1 aromatic heterocycles. The van der Waals surface area contributed by atoms with Crippen molar-refractivity contribution in [2.75, 3.05) is 18.1 Å². The number of nitrogens with zero attached hydrogens (tertiary/aromatic N) is 1. The van der Waals surface area contributed by atoms with E-state index in [0.29, 0.717) is 41.9 Å². The van der Waals surface area contributed by atoms with Crippen molar-refractivity contribution in [3.63, 3.8) is 0 Å². The number of hydrogen-bond acceptors (Lipinski definition) is 5. The third-order valence-corrected chi connectivity index (χ3v) is 6.40. The number of rotatable bonds is 8. The molecule has 0 fully saturated rings. The van der Waals surface area contributed by atoms with Gasteiger partial charge in [0.2, 0.25) is 5.76 Å². The first-order chi connectivity index (χ1) is 17.9. The van der Waals surface area contributed by atoms with Gasteiger partial charge in [-0.3, -0.25) is 14.5 Å². The molecule has 1 atom stereocenters. The molecular formula is C30H28FNO5. The number of hydrogen-bond donors (Lipinski definition) is 0. The fourth-order valence-corrected chi connectivity index (χ4v) is 4.60. The summed E-state index contributed by atoms with van der Waals surface area (Å²) in [5.74, 6) is 0.567. The van der Waals surface area contributed by atoms with Crippen molar-refractivity contribution in [1.82, 2.24) is 0 Å². The molecule has 7 heteroatoms. The first-order valence-corrected chi connectivity index (χ1v) is 12.4. The fourth-order valence-electron chi connectivity index (χ4n) is 4.60. The Labute approximate surface area is 214 Å². The number of anilines is 1. The average molecular weight is 502 g/mol. The van der Waals surface area contributed by atoms with Gasteiger partial charge in [-0.25, -0.2) is 4.39 Å². The van der Waals surface area contributed by atoms with E-state index in [1.165, 1.54) is 17.0 Å². The lowest BCUT2D eigenvalue weighted by molar-refractivity contribution is 0.0971. The van der Waals surface area contributed by atoms with E-state index in [2.05, 4.69) is 13.8 Å². The Morgan fingerprint density at radius 1 is 0.973 bits per heavy atom. The molecule has 6 nitrogen and oxygen atoms in total. The van der Waals surface area contributed by atoms with Gasteiger partial charge in [0.05, 0.1) is 30.2 Å². The largest absolute Gasteiger partial charge is 0.490 e. The van der Waals surface area contributed by atoms with Crippen LogP contribution in [0, 0.1) is 11.7 Å². The highest BCUT2D eigenvalue weighted by Crippen LogP contribution is 2.43. The molecule has 4 aromatic rings. The van der Waals surface area contributed by atoms with Crippen LogP contribution < -0.4 is 19.8 Å². The van der Waals surface area contributed by atoms with Gasteiger partial charge in [0.25, 0.3) is 5.91 Å². The number of carbonyl (C=O) groups excluding carboxylic acids is 1. The van der Waals surface area contributed by atoms with E-state index in [1.54, 1.807) is 24.3 Å². The highest BCUT2D eigenvalue weighted by molar-refractivity contribution is 6.10. The zero-order valence-corrected chi connectivity index (χ0v) is 21.0. The summed E-state index contributed by atoms with van der Waals surface area (Å²) in [4.78, 5) is 28.9. The molecule has 1 aliphatic rings. The Hall–Kier alpha value is -4.13. The van der Waals surface area contributed by atoms with Gasteiger partial charge in [0.1, 0.15) is 11.4 Å². The Kier molecular flexibility index (Phi) is 6.70. The van der Waals surface area contributed by atoms with Gasteiger partial charge in [0.15, 0.2) is 16.9 Å². The molecule has 2 heterocycles. The molecule has 1 amide bonds. The van der Waals surface area contributed by atoms with Gasteiger partial charge >= 0.3 is 0 Å². The van der Waals surface area contributed by atoms with Gasteiger partial charge in [-0.2, -0.15) is 0 Å². The summed E-state index contributed by atoms with van der Waals surface area (Å²) in [5, 5.41) is 0.0881. The van der Waals surface area contributed by atoms with Crippen LogP contribution in [-0.4, -0.2) is 19.1 Å². The number of ether oxygens (including phenoxy) is 2. The van der Waals surface area contributed by atoms with Gasteiger partial charge in [0, 0.05) is 5.69 Å². The minimum atomic E-state index is -0.794. The van der Waals surface area contributed by atoms with E-state index in [0.717, 1.165) is 12.5 Å². The zero-order chi connectivity index (χ0) is 26.1. The molecule has 0 radical (unpaired) electrons. The van der Waals surface area contributed by atoms with Crippen LogP contribution in [0.2, 0.25) is 0 Å². The zero-order valence-electron chi connectivity index (χ0n) is 21.0. The van der Waals surface area contributed by atoms with E-state index in [1.807, 2.05) is 31.2 Å². The summed E-state index contributed by atoms with van der Waals surface area (Å²) in [6.07, 6.45) is 0.893. The predicted molar refractivity (Wildman–Crippen MR) is 140 cm³/mol. The Balaban J connectivity index is 1.68. The molecule has 0 aliphatic carbocycles. The normalized spacial score (nSPS) is 14.9. The number of amides is 1. The molecule has 5 rings (SSSR count). The molecule has 1 unspecified atom stereocenters. The van der Waals surface area contributed by atoms with Gasteiger partial charge in [-0.15, -0.1) is 0 Å². The number of carbonyl (C=O) groups is 1. The Morgan fingerprint density at radius 2 is 1.76 bits per heavy atom. The van der Waals surface area contributed by atoms with Crippen molar-refractivity contribution in [3.8, 4) is 11.5 Å². The molecule has 37 heavy (non-hydrogen) atoms. The van der Waals surface area contributed by atoms with Crippen LogP contribution in [0.25, 0.3) is 11.0 Å². The molecule has 0 spiro atoms. The van der Waals surface area contributed by atoms with E-state index in [-0.39, 0.29) is 22.3 Å². The highest BCUT2D eigenvalue weighted by Gasteiger charge is 2.44. The SMILES string of the molecule is CCOc1cc(C2c3c(oc4ccc(F)cc4c3=O)C(=O)N2c2ccccc2)ccc1OCCC(C)C. The molecule has 190 valence electrons. The standard InChI is InChI=1S/C30H28FNO5/c1-4-35-25-16-19(10-12-24(25)36-15-14-18(2)3)27-26-28(33)22-17-20(31)11-13-23(22)37-29(26)30(34)32(27)21-8-6-5-7-9-21/h5-13,16-18,27H,4,14-15H2,1-3H3. The highest BCUT2D eigenvalue weighted by atomic mass is 19.1. The Morgan fingerprint density at radius 3 is 2.49 bits per heavy atom. The van der Waals surface area contributed by atoms with Crippen LogP contribution >= 0.6 is 0 Å². The second-order valence-corrected chi connectivity index (χ2v) is 9.40. The summed E-state index contributed by atoms with van der Waals surface area (Å²) in [6.45, 7) is 7.09. The number of para-hydroxylation sites is 1. The molecule has 0 bridgehead atoms. The van der Waals surface area contributed by atoms with Gasteiger partial charge < -0.3 is 13.9 Å². The summed E-state index contributed by atoms with van der Waals surface area (Å²) in [5.41, 5.74) is 1.15. The third kappa shape index (κ3) is 4.57. The topological polar surface area (TPSA) is 69.0 Å². The maximum absolute atomic E-state index is 14.1. The lowest BCUT2D eigenvalue weighted by Gasteiger charge is -2.26. The first kappa shape index (κ1) is 24.6. The monoisotopic (exact) mass is 501 g/mol. The number of benzene rings is 3. The van der Waals surface area contributed by atoms with Gasteiger partial charge in [-0.1, -0.05) is 38.1 Å². The van der Waals surface area contributed by atoms with Crippen molar-refractivity contribution >= 4 is 22.6 Å². The van der Waals surface area contributed by atoms with Crippen LogP contribution in [0.4, 0.5) is 10.1 Å². The maximum atomic E-state index is 14.1. The first-order valence-electron chi connectivity index (χ1n) is 12.4. The smallest absolute Gasteiger partial charge is 0.295 e. The van der Waals surface area contributed by atoms with Crippen molar-refractivity contribution in [3.05, 3.63) is 99.7 Å². The summed E-state index contributed by atoms with van der Waals surface area (Å²) in [7, 11) is 0. The van der Waals surface area contributed by atoms with E-state index < -0.39 is 23.2 Å². The predicted octanol–water partition coefficient (Wildman–Crippen LogP) is 6.51. The van der Waals surface area contributed by atoms with Crippen LogP contribution in [-0.2, 0) is 0 Å². The van der Waals surface area contributed by atoms with E-state index in [4.69, 9.17) is 13.9 Å². The Bertz CT molecular complexity index is 1510. The minimum absolute atomic E-state index is 0.0480. The maximum Gasteiger partial charge on any atom is 0.295 e. The molecule has 1 aliphatic heterocycles. The molecule has 0 saturated heterocycles. The van der Waals surface area contributed by atoms with Crippen LogP contribution in [0.5, 0.6) is 11.5 Å². The van der Waals surface area contributed by atoms with Gasteiger partial charge in [-0.05, 0) is 67.3 Å². The summed E-state index contributed by atoms with van der Waals surface area (Å²) in [6, 6.07) is 17.4. The molecular weight excluding hydrogens is 473 g/mol. The quantitative estimate of drug-likeness (QED) is 0.275. The van der Waals surface area contributed by atoms with E-state index >= 15 is 0 Å². The lowest BCUT2D eigenvalue weighted by Crippen LogP contribution is -2.29. The van der Waals surface area contributed by atoms with Crippen molar-refractivity contribution in [2.45, 2.75) is 33.2 Å². The fraction of sp³-hybridized carbons (Fsp3) is 0.267. The van der Waals surface area contributed by atoms with E-state index in [9.17, 15) is 14.0 Å². The third-order valence-electron chi connectivity index (χ3n) is 6.40. The lowest BCUT2D eigenvalue weighted by atomic mass is 9.97.